The van der Waals surface area contributed by atoms with Crippen LogP contribution in [0.25, 0.3) is 0 Å². The van der Waals surface area contributed by atoms with Crippen LogP contribution >= 0.6 is 15.9 Å². The Morgan fingerprint density at radius 3 is 2.93 bits per heavy atom. The molecule has 1 aromatic rings. The van der Waals surface area contributed by atoms with Crippen LogP contribution in [0.2, 0.25) is 0 Å². The maximum atomic E-state index is 13.3. The van der Waals surface area contributed by atoms with Crippen LogP contribution in [0.5, 0.6) is 0 Å². The quantitative estimate of drug-likeness (QED) is 0.853. The summed E-state index contributed by atoms with van der Waals surface area (Å²) in [5, 5.41) is 3.34. The van der Waals surface area contributed by atoms with Gasteiger partial charge >= 0.3 is 0 Å². The molecule has 1 heterocycles. The van der Waals surface area contributed by atoms with Crippen molar-refractivity contribution in [1.82, 2.24) is 0 Å². The van der Waals surface area contributed by atoms with E-state index in [1.807, 2.05) is 0 Å². The lowest BCUT2D eigenvalue weighted by Gasteiger charge is -2.12. The predicted octanol–water partition coefficient (Wildman–Crippen LogP) is 4.14. The molecular formula is C12H15BrFN. The van der Waals surface area contributed by atoms with Crippen molar-refractivity contribution < 1.29 is 4.39 Å². The number of halogens is 2. The number of benzene rings is 1. The standard InChI is InChI=1S/C12H15BrFN/c1-7(2)3-8-6-15-12-10(8)4-9(14)5-11(12)13/h4-5,7-8,15H,3,6H2,1-2H3. The molecule has 1 N–H and O–H groups in total. The van der Waals surface area contributed by atoms with E-state index in [9.17, 15) is 4.39 Å². The van der Waals surface area contributed by atoms with Gasteiger partial charge < -0.3 is 5.32 Å². The van der Waals surface area contributed by atoms with Gasteiger partial charge in [-0.15, -0.1) is 0 Å². The van der Waals surface area contributed by atoms with Gasteiger partial charge in [-0.05, 0) is 46.0 Å². The van der Waals surface area contributed by atoms with Crippen molar-refractivity contribution in [1.29, 1.82) is 0 Å². The van der Waals surface area contributed by atoms with Crippen LogP contribution in [0.15, 0.2) is 16.6 Å². The van der Waals surface area contributed by atoms with Crippen LogP contribution in [-0.4, -0.2) is 6.54 Å². The Morgan fingerprint density at radius 1 is 1.53 bits per heavy atom. The summed E-state index contributed by atoms with van der Waals surface area (Å²) in [5.41, 5.74) is 2.19. The molecule has 0 fully saturated rings. The highest BCUT2D eigenvalue weighted by atomic mass is 79.9. The fraction of sp³-hybridized carbons (Fsp3) is 0.500. The molecule has 0 aromatic heterocycles. The van der Waals surface area contributed by atoms with Gasteiger partial charge in [0.1, 0.15) is 5.82 Å². The molecule has 1 atom stereocenters. The fourth-order valence-electron chi connectivity index (χ4n) is 2.22. The normalized spacial score (nSPS) is 19.1. The van der Waals surface area contributed by atoms with Gasteiger partial charge in [0.25, 0.3) is 0 Å². The van der Waals surface area contributed by atoms with Crippen LogP contribution in [0.1, 0.15) is 31.7 Å². The summed E-state index contributed by atoms with van der Waals surface area (Å²) in [6.07, 6.45) is 1.11. The lowest BCUT2D eigenvalue weighted by Crippen LogP contribution is -2.05. The summed E-state index contributed by atoms with van der Waals surface area (Å²) in [6.45, 7) is 5.33. The summed E-state index contributed by atoms with van der Waals surface area (Å²) in [7, 11) is 0. The molecule has 15 heavy (non-hydrogen) atoms. The van der Waals surface area contributed by atoms with E-state index in [1.54, 1.807) is 6.07 Å². The Balaban J connectivity index is 2.33. The zero-order valence-corrected chi connectivity index (χ0v) is 10.6. The van der Waals surface area contributed by atoms with Crippen LogP contribution in [0.4, 0.5) is 10.1 Å². The first-order valence-electron chi connectivity index (χ1n) is 5.30. The molecular weight excluding hydrogens is 257 g/mol. The monoisotopic (exact) mass is 271 g/mol. The van der Waals surface area contributed by atoms with Gasteiger partial charge in [-0.3, -0.25) is 0 Å². The van der Waals surface area contributed by atoms with Gasteiger partial charge in [0.15, 0.2) is 0 Å². The molecule has 1 nitrogen and oxygen atoms in total. The Hall–Kier alpha value is -0.570. The molecule has 1 aromatic carbocycles. The number of rotatable bonds is 2. The minimum atomic E-state index is -0.155. The molecule has 0 saturated carbocycles. The number of hydrogen-bond acceptors (Lipinski definition) is 1. The van der Waals surface area contributed by atoms with Gasteiger partial charge in [0, 0.05) is 16.9 Å². The number of fused-ring (bicyclic) bond motifs is 1. The predicted molar refractivity (Wildman–Crippen MR) is 64.8 cm³/mol. The summed E-state index contributed by atoms with van der Waals surface area (Å²) in [6, 6.07) is 3.18. The van der Waals surface area contributed by atoms with E-state index in [0.29, 0.717) is 11.8 Å². The van der Waals surface area contributed by atoms with Crippen LogP contribution < -0.4 is 5.32 Å². The van der Waals surface area contributed by atoms with Crippen molar-refractivity contribution in [3.63, 3.8) is 0 Å². The van der Waals surface area contributed by atoms with E-state index < -0.39 is 0 Å². The van der Waals surface area contributed by atoms with E-state index in [4.69, 9.17) is 0 Å². The Kier molecular flexibility index (Phi) is 3.01. The van der Waals surface area contributed by atoms with Crippen LogP contribution in [0, 0.1) is 11.7 Å². The molecule has 0 spiro atoms. The second kappa shape index (κ2) is 4.12. The average molecular weight is 272 g/mol. The van der Waals surface area contributed by atoms with Crippen LogP contribution in [-0.2, 0) is 0 Å². The third-order valence-corrected chi connectivity index (χ3v) is 3.43. The highest BCUT2D eigenvalue weighted by Crippen LogP contribution is 2.40. The zero-order chi connectivity index (χ0) is 11.0. The maximum absolute atomic E-state index is 13.3. The minimum absolute atomic E-state index is 0.155. The number of nitrogens with one attached hydrogen (secondary N) is 1. The molecule has 1 aliphatic heterocycles. The SMILES string of the molecule is CC(C)CC1CNc2c(Br)cc(F)cc21. The van der Waals surface area contributed by atoms with E-state index >= 15 is 0 Å². The molecule has 82 valence electrons. The van der Waals surface area contributed by atoms with Crippen molar-refractivity contribution in [2.45, 2.75) is 26.2 Å². The second-order valence-electron chi connectivity index (χ2n) is 4.56. The van der Waals surface area contributed by atoms with E-state index in [-0.39, 0.29) is 5.82 Å². The first-order chi connectivity index (χ1) is 7.08. The smallest absolute Gasteiger partial charge is 0.124 e. The van der Waals surface area contributed by atoms with Gasteiger partial charge in [-0.25, -0.2) is 4.39 Å². The van der Waals surface area contributed by atoms with Crippen molar-refractivity contribution in [2.24, 2.45) is 5.92 Å². The summed E-state index contributed by atoms with van der Waals surface area (Å²) >= 11 is 3.39. The van der Waals surface area contributed by atoms with Crippen molar-refractivity contribution in [3.05, 3.63) is 28.0 Å². The van der Waals surface area contributed by atoms with Gasteiger partial charge in [-0.1, -0.05) is 13.8 Å². The molecule has 1 aliphatic rings. The Morgan fingerprint density at radius 2 is 2.27 bits per heavy atom. The topological polar surface area (TPSA) is 12.0 Å². The Labute approximate surface area is 98.2 Å². The largest absolute Gasteiger partial charge is 0.383 e. The van der Waals surface area contributed by atoms with E-state index in [1.165, 1.54) is 6.07 Å². The third kappa shape index (κ3) is 2.17. The first kappa shape index (κ1) is 10.9. The minimum Gasteiger partial charge on any atom is -0.383 e. The zero-order valence-electron chi connectivity index (χ0n) is 8.98. The molecule has 1 unspecified atom stereocenters. The first-order valence-corrected chi connectivity index (χ1v) is 6.10. The highest BCUT2D eigenvalue weighted by Gasteiger charge is 2.25. The van der Waals surface area contributed by atoms with E-state index in [2.05, 4.69) is 35.1 Å². The van der Waals surface area contributed by atoms with Crippen molar-refractivity contribution in [2.75, 3.05) is 11.9 Å². The maximum Gasteiger partial charge on any atom is 0.124 e. The molecule has 0 amide bonds. The third-order valence-electron chi connectivity index (χ3n) is 2.81. The fourth-order valence-corrected chi connectivity index (χ4v) is 2.80. The summed E-state index contributed by atoms with van der Waals surface area (Å²) in [5.74, 6) is 0.940. The molecule has 3 heteroatoms. The van der Waals surface area contributed by atoms with Gasteiger partial charge in [0.05, 0.1) is 5.69 Å². The molecule has 0 bridgehead atoms. The molecule has 0 aliphatic carbocycles. The van der Waals surface area contributed by atoms with Crippen molar-refractivity contribution >= 4 is 21.6 Å². The van der Waals surface area contributed by atoms with Gasteiger partial charge in [0.2, 0.25) is 0 Å². The summed E-state index contributed by atoms with van der Waals surface area (Å²) in [4.78, 5) is 0. The second-order valence-corrected chi connectivity index (χ2v) is 5.41. The number of anilines is 1. The highest BCUT2D eigenvalue weighted by molar-refractivity contribution is 9.10. The molecule has 0 saturated heterocycles. The van der Waals surface area contributed by atoms with Crippen LogP contribution in [0.3, 0.4) is 0 Å². The average Bonchev–Trinajstić information content (AvgIpc) is 2.48. The van der Waals surface area contributed by atoms with Crippen molar-refractivity contribution in [3.8, 4) is 0 Å². The summed E-state index contributed by atoms with van der Waals surface area (Å²) < 4.78 is 14.1. The molecule has 2 rings (SSSR count). The Bertz CT molecular complexity index is 376. The lowest BCUT2D eigenvalue weighted by atomic mass is 9.92. The van der Waals surface area contributed by atoms with Gasteiger partial charge in [-0.2, -0.15) is 0 Å². The number of hydrogen-bond donors (Lipinski definition) is 1. The van der Waals surface area contributed by atoms with E-state index in [0.717, 1.165) is 28.7 Å². The molecule has 0 radical (unpaired) electrons. The lowest BCUT2D eigenvalue weighted by molar-refractivity contribution is 0.520.